The van der Waals surface area contributed by atoms with Gasteiger partial charge in [-0.2, -0.15) is 0 Å². The minimum Gasteiger partial charge on any atom is -0.359 e. The summed E-state index contributed by atoms with van der Waals surface area (Å²) in [5.74, 6) is 1.01. The number of pyridine rings is 1. The average molecular weight is 331 g/mol. The number of likely N-dealkylation sites (N-methyl/N-ethyl adjacent to an activating group) is 1. The van der Waals surface area contributed by atoms with E-state index in [2.05, 4.69) is 29.2 Å². The van der Waals surface area contributed by atoms with Crippen LogP contribution in [0.3, 0.4) is 0 Å². The first kappa shape index (κ1) is 18.3. The van der Waals surface area contributed by atoms with E-state index in [9.17, 15) is 4.79 Å². The highest BCUT2D eigenvalue weighted by atomic mass is 16.1. The molecule has 0 atom stereocenters. The number of aromatic nitrogens is 2. The largest absolute Gasteiger partial charge is 0.359 e. The van der Waals surface area contributed by atoms with Crippen LogP contribution >= 0.6 is 0 Å². The molecule has 0 aromatic carbocycles. The molecule has 132 valence electrons. The molecule has 1 amide bonds. The van der Waals surface area contributed by atoms with Gasteiger partial charge in [0.25, 0.3) is 5.91 Å². The second kappa shape index (κ2) is 8.15. The molecule has 0 aliphatic rings. The Morgan fingerprint density at radius 3 is 2.67 bits per heavy atom. The average Bonchev–Trinajstić information content (AvgIpc) is 2.87. The first-order valence-corrected chi connectivity index (χ1v) is 8.56. The highest BCUT2D eigenvalue weighted by Crippen LogP contribution is 2.22. The van der Waals surface area contributed by atoms with Crippen LogP contribution in [-0.4, -0.2) is 61.0 Å². The third kappa shape index (κ3) is 4.26. The number of carbonyl (C=O) groups excluding carboxylic acids is 1. The van der Waals surface area contributed by atoms with Gasteiger partial charge in [0, 0.05) is 32.9 Å². The minimum atomic E-state index is -0.0488. The van der Waals surface area contributed by atoms with Crippen LogP contribution in [0, 0.1) is 6.92 Å². The van der Waals surface area contributed by atoms with Crippen LogP contribution in [-0.2, 0) is 0 Å². The molecule has 24 heavy (non-hydrogen) atoms. The Labute approximate surface area is 144 Å². The van der Waals surface area contributed by atoms with Gasteiger partial charge in [-0.05, 0) is 39.6 Å². The predicted octanol–water partition coefficient (Wildman–Crippen LogP) is 2.17. The van der Waals surface area contributed by atoms with Gasteiger partial charge in [-0.15, -0.1) is 0 Å². The number of rotatable bonds is 8. The van der Waals surface area contributed by atoms with Gasteiger partial charge in [0.1, 0.15) is 11.5 Å². The summed E-state index contributed by atoms with van der Waals surface area (Å²) in [7, 11) is 6.06. The maximum atomic E-state index is 12.4. The summed E-state index contributed by atoms with van der Waals surface area (Å²) in [6, 6.07) is 3.74. The fourth-order valence-electron chi connectivity index (χ4n) is 2.74. The number of amides is 1. The summed E-state index contributed by atoms with van der Waals surface area (Å²) in [5.41, 5.74) is 2.51. The normalized spacial score (nSPS) is 11.2. The van der Waals surface area contributed by atoms with Crippen molar-refractivity contribution >= 4 is 17.4 Å². The Hall–Kier alpha value is -2.08. The molecule has 2 aromatic rings. The maximum Gasteiger partial charge on any atom is 0.252 e. The lowest BCUT2D eigenvalue weighted by molar-refractivity contribution is 0.0950. The molecule has 0 fully saturated rings. The van der Waals surface area contributed by atoms with E-state index in [1.54, 1.807) is 0 Å². The first-order chi connectivity index (χ1) is 11.4. The molecule has 2 rings (SSSR count). The fourth-order valence-corrected chi connectivity index (χ4v) is 2.74. The van der Waals surface area contributed by atoms with E-state index in [1.165, 1.54) is 0 Å². The van der Waals surface area contributed by atoms with E-state index in [0.717, 1.165) is 43.1 Å². The third-order valence-electron chi connectivity index (χ3n) is 4.08. The molecule has 1 N–H and O–H groups in total. The molecule has 6 nitrogen and oxygen atoms in total. The van der Waals surface area contributed by atoms with Crippen LogP contribution in [0.4, 0.5) is 5.82 Å². The van der Waals surface area contributed by atoms with Crippen LogP contribution in [0.5, 0.6) is 0 Å². The number of fused-ring (bicyclic) bond motifs is 1. The predicted molar refractivity (Wildman–Crippen MR) is 99.0 cm³/mol. The zero-order valence-electron chi connectivity index (χ0n) is 15.5. The number of carbonyl (C=O) groups is 1. The van der Waals surface area contributed by atoms with Gasteiger partial charge >= 0.3 is 0 Å². The lowest BCUT2D eigenvalue weighted by Gasteiger charge is -2.19. The van der Waals surface area contributed by atoms with Gasteiger partial charge in [0.2, 0.25) is 0 Å². The van der Waals surface area contributed by atoms with Gasteiger partial charge < -0.3 is 15.1 Å². The fraction of sp³-hybridized carbons (Fsp3) is 0.556. The Balaban J connectivity index is 2.23. The molecule has 0 bridgehead atoms. The number of nitrogens with zero attached hydrogens (tertiary/aromatic N) is 4. The van der Waals surface area contributed by atoms with Crippen molar-refractivity contribution in [3.63, 3.8) is 0 Å². The Kier molecular flexibility index (Phi) is 6.20. The molecule has 0 unspecified atom stereocenters. The highest BCUT2D eigenvalue weighted by Gasteiger charge is 2.15. The second-order valence-corrected chi connectivity index (χ2v) is 6.50. The summed E-state index contributed by atoms with van der Waals surface area (Å²) in [6.45, 7) is 6.64. The zero-order valence-corrected chi connectivity index (χ0v) is 15.5. The van der Waals surface area contributed by atoms with Gasteiger partial charge in [-0.1, -0.05) is 13.3 Å². The Morgan fingerprint density at radius 1 is 1.25 bits per heavy atom. The van der Waals surface area contributed by atoms with Crippen molar-refractivity contribution < 1.29 is 4.79 Å². The van der Waals surface area contributed by atoms with Crippen molar-refractivity contribution in [1.29, 1.82) is 0 Å². The molecular formula is C18H29N5O. The Morgan fingerprint density at radius 2 is 2.00 bits per heavy atom. The van der Waals surface area contributed by atoms with Crippen molar-refractivity contribution in [2.24, 2.45) is 0 Å². The summed E-state index contributed by atoms with van der Waals surface area (Å²) in [4.78, 5) is 21.2. The van der Waals surface area contributed by atoms with Gasteiger partial charge in [0.15, 0.2) is 0 Å². The zero-order chi connectivity index (χ0) is 17.7. The van der Waals surface area contributed by atoms with Crippen LogP contribution in [0.2, 0.25) is 0 Å². The molecule has 0 radical (unpaired) electrons. The van der Waals surface area contributed by atoms with Gasteiger partial charge in [0.05, 0.1) is 11.3 Å². The number of anilines is 1. The number of imidazole rings is 1. The smallest absolute Gasteiger partial charge is 0.252 e. The first-order valence-electron chi connectivity index (χ1n) is 8.56. The lowest BCUT2D eigenvalue weighted by atomic mass is 10.2. The van der Waals surface area contributed by atoms with Crippen molar-refractivity contribution in [3.8, 4) is 0 Å². The summed E-state index contributed by atoms with van der Waals surface area (Å²) >= 11 is 0. The van der Waals surface area contributed by atoms with Gasteiger partial charge in [-0.25, -0.2) is 4.98 Å². The van der Waals surface area contributed by atoms with Crippen molar-refractivity contribution in [1.82, 2.24) is 19.6 Å². The van der Waals surface area contributed by atoms with Crippen LogP contribution in [0.25, 0.3) is 5.65 Å². The summed E-state index contributed by atoms with van der Waals surface area (Å²) in [5, 5.41) is 2.96. The topological polar surface area (TPSA) is 52.9 Å². The molecule has 2 heterocycles. The standard InChI is InChI=1S/C18H29N5O/c1-6-7-11-22(5)18-14(2)20-16-9-8-15(13-23(16)18)17(24)19-10-12-21(3)4/h8-9,13H,6-7,10-12H2,1-5H3,(H,19,24). The Bertz CT molecular complexity index is 692. The molecule has 0 saturated heterocycles. The highest BCUT2D eigenvalue weighted by molar-refractivity contribution is 5.94. The number of nitrogens with one attached hydrogen (secondary N) is 1. The van der Waals surface area contributed by atoms with E-state index in [4.69, 9.17) is 0 Å². The van der Waals surface area contributed by atoms with E-state index >= 15 is 0 Å². The number of unbranched alkanes of at least 4 members (excludes halogenated alkanes) is 1. The molecule has 0 saturated carbocycles. The molecule has 0 spiro atoms. The molecule has 0 aliphatic heterocycles. The number of aryl methyl sites for hydroxylation is 1. The molecule has 2 aromatic heterocycles. The second-order valence-electron chi connectivity index (χ2n) is 6.50. The van der Waals surface area contributed by atoms with Crippen LogP contribution < -0.4 is 10.2 Å². The maximum absolute atomic E-state index is 12.4. The van der Waals surface area contributed by atoms with Gasteiger partial charge in [-0.3, -0.25) is 9.20 Å². The van der Waals surface area contributed by atoms with E-state index in [-0.39, 0.29) is 5.91 Å². The van der Waals surface area contributed by atoms with Crippen LogP contribution in [0.1, 0.15) is 35.8 Å². The number of hydrogen-bond donors (Lipinski definition) is 1. The van der Waals surface area contributed by atoms with E-state index in [0.29, 0.717) is 12.1 Å². The quantitative estimate of drug-likeness (QED) is 0.805. The lowest BCUT2D eigenvalue weighted by Crippen LogP contribution is -2.31. The van der Waals surface area contributed by atoms with Crippen molar-refractivity contribution in [3.05, 3.63) is 29.6 Å². The monoisotopic (exact) mass is 331 g/mol. The van der Waals surface area contributed by atoms with Crippen molar-refractivity contribution in [2.45, 2.75) is 26.7 Å². The molecule has 0 aliphatic carbocycles. The molecular weight excluding hydrogens is 302 g/mol. The number of hydrogen-bond acceptors (Lipinski definition) is 4. The van der Waals surface area contributed by atoms with E-state index < -0.39 is 0 Å². The van der Waals surface area contributed by atoms with Crippen molar-refractivity contribution in [2.75, 3.05) is 45.7 Å². The van der Waals surface area contributed by atoms with Crippen LogP contribution in [0.15, 0.2) is 18.3 Å². The minimum absolute atomic E-state index is 0.0488. The summed E-state index contributed by atoms with van der Waals surface area (Å²) in [6.07, 6.45) is 4.17. The molecule has 6 heteroatoms. The summed E-state index contributed by atoms with van der Waals surface area (Å²) < 4.78 is 2.02. The SMILES string of the molecule is CCCCN(C)c1c(C)nc2ccc(C(=O)NCCN(C)C)cn12. The van der Waals surface area contributed by atoms with E-state index in [1.807, 2.05) is 48.6 Å². The third-order valence-corrected chi connectivity index (χ3v) is 4.08.